The molecule has 1 aromatic heterocycles. The molecule has 0 radical (unpaired) electrons. The van der Waals surface area contributed by atoms with Crippen LogP contribution >= 0.6 is 0 Å². The van der Waals surface area contributed by atoms with Gasteiger partial charge in [-0.1, -0.05) is 19.3 Å². The third kappa shape index (κ3) is 5.20. The van der Waals surface area contributed by atoms with E-state index < -0.39 is 0 Å². The fraction of sp³-hybridized carbons (Fsp3) is 0.812. The third-order valence-electron chi connectivity index (χ3n) is 4.78. The summed E-state index contributed by atoms with van der Waals surface area (Å²) < 4.78 is 1.77. The molecule has 2 N–H and O–H groups in total. The molecule has 23 heavy (non-hydrogen) atoms. The Hall–Kier alpha value is -1.63. The minimum Gasteiger partial charge on any atom is -0.355 e. The zero-order valence-corrected chi connectivity index (χ0v) is 14.9. The van der Waals surface area contributed by atoms with E-state index in [-0.39, 0.29) is 0 Å². The van der Waals surface area contributed by atoms with Gasteiger partial charge in [0.1, 0.15) is 12.2 Å². The first-order valence-corrected chi connectivity index (χ1v) is 8.55. The lowest BCUT2D eigenvalue weighted by atomic mass is 9.83. The van der Waals surface area contributed by atoms with E-state index in [9.17, 15) is 0 Å². The second kappa shape index (κ2) is 8.86. The summed E-state index contributed by atoms with van der Waals surface area (Å²) in [5, 5.41) is 10.9. The Labute approximate surface area is 139 Å². The van der Waals surface area contributed by atoms with Crippen LogP contribution in [0.2, 0.25) is 0 Å². The molecule has 1 aliphatic rings. The molecule has 1 aromatic rings. The van der Waals surface area contributed by atoms with Gasteiger partial charge < -0.3 is 15.5 Å². The summed E-state index contributed by atoms with van der Waals surface area (Å²) in [5.41, 5.74) is 0. The molecule has 0 bridgehead atoms. The van der Waals surface area contributed by atoms with Crippen LogP contribution in [0.3, 0.4) is 0 Å². The molecule has 7 nitrogen and oxygen atoms in total. The van der Waals surface area contributed by atoms with Crippen LogP contribution in [-0.4, -0.2) is 59.4 Å². The summed E-state index contributed by atoms with van der Waals surface area (Å²) in [5.74, 6) is 2.49. The van der Waals surface area contributed by atoms with Gasteiger partial charge in [-0.15, -0.1) is 0 Å². The molecular formula is C16H31N7. The summed E-state index contributed by atoms with van der Waals surface area (Å²) >= 11 is 0. The summed E-state index contributed by atoms with van der Waals surface area (Å²) in [7, 11) is 8.05. The fourth-order valence-electron chi connectivity index (χ4n) is 3.35. The van der Waals surface area contributed by atoms with Crippen molar-refractivity contribution >= 4 is 5.96 Å². The van der Waals surface area contributed by atoms with Crippen LogP contribution in [0.25, 0.3) is 0 Å². The summed E-state index contributed by atoms with van der Waals surface area (Å²) in [6.07, 6.45) is 8.39. The van der Waals surface area contributed by atoms with E-state index in [1.54, 1.807) is 18.1 Å². The Morgan fingerprint density at radius 2 is 2.09 bits per heavy atom. The molecule has 1 atom stereocenters. The van der Waals surface area contributed by atoms with Gasteiger partial charge in [0.15, 0.2) is 5.96 Å². The Morgan fingerprint density at radius 3 is 2.65 bits per heavy atom. The highest BCUT2D eigenvalue weighted by Gasteiger charge is 2.25. The highest BCUT2D eigenvalue weighted by atomic mass is 15.3. The van der Waals surface area contributed by atoms with E-state index in [4.69, 9.17) is 0 Å². The van der Waals surface area contributed by atoms with Crippen LogP contribution in [0.4, 0.5) is 0 Å². The van der Waals surface area contributed by atoms with E-state index in [1.165, 1.54) is 32.1 Å². The molecule has 1 unspecified atom stereocenters. The Bertz CT molecular complexity index is 488. The molecule has 1 saturated carbocycles. The maximum absolute atomic E-state index is 4.31. The van der Waals surface area contributed by atoms with Gasteiger partial charge in [0.2, 0.25) is 0 Å². The predicted molar refractivity (Wildman–Crippen MR) is 93.3 cm³/mol. The summed E-state index contributed by atoms with van der Waals surface area (Å²) in [6, 6.07) is 0.545. The average Bonchev–Trinajstić information content (AvgIpc) is 2.96. The van der Waals surface area contributed by atoms with E-state index in [1.807, 2.05) is 7.05 Å². The molecule has 1 fully saturated rings. The van der Waals surface area contributed by atoms with Crippen molar-refractivity contribution < 1.29 is 0 Å². The molecule has 0 aromatic carbocycles. The number of aryl methyl sites for hydroxylation is 1. The molecule has 1 aliphatic carbocycles. The van der Waals surface area contributed by atoms with Crippen molar-refractivity contribution in [3.63, 3.8) is 0 Å². The normalized spacial score (nSPS) is 18.2. The number of aromatic nitrogens is 3. The Morgan fingerprint density at radius 1 is 1.35 bits per heavy atom. The third-order valence-corrected chi connectivity index (χ3v) is 4.78. The van der Waals surface area contributed by atoms with Crippen LogP contribution in [0.15, 0.2) is 11.3 Å². The Balaban J connectivity index is 1.83. The predicted octanol–water partition coefficient (Wildman–Crippen LogP) is 0.991. The largest absolute Gasteiger partial charge is 0.355 e. The second-order valence-electron chi connectivity index (χ2n) is 6.54. The van der Waals surface area contributed by atoms with Crippen LogP contribution in [0.5, 0.6) is 0 Å². The number of hydrogen-bond donors (Lipinski definition) is 2. The van der Waals surface area contributed by atoms with Crippen molar-refractivity contribution in [1.82, 2.24) is 30.3 Å². The van der Waals surface area contributed by atoms with Gasteiger partial charge in [-0.25, -0.2) is 4.98 Å². The zero-order chi connectivity index (χ0) is 16.7. The molecule has 7 heteroatoms. The molecule has 2 rings (SSSR count). The lowest BCUT2D eigenvalue weighted by Gasteiger charge is -2.35. The van der Waals surface area contributed by atoms with Gasteiger partial charge in [-0.05, 0) is 32.9 Å². The van der Waals surface area contributed by atoms with Crippen molar-refractivity contribution in [2.24, 2.45) is 18.0 Å². The highest BCUT2D eigenvalue weighted by Crippen LogP contribution is 2.27. The standard InChI is InChI=1S/C16H31N7/c1-17-16(19-11-15-20-12-21-23(15)4)18-10-14(22(2)3)13-8-6-5-7-9-13/h12-14H,5-11H2,1-4H3,(H2,17,18,19). The van der Waals surface area contributed by atoms with Crippen molar-refractivity contribution in [3.8, 4) is 0 Å². The van der Waals surface area contributed by atoms with Crippen LogP contribution in [0, 0.1) is 5.92 Å². The van der Waals surface area contributed by atoms with Crippen LogP contribution in [-0.2, 0) is 13.6 Å². The average molecular weight is 321 g/mol. The molecule has 0 aliphatic heterocycles. The van der Waals surface area contributed by atoms with Gasteiger partial charge in [0.05, 0.1) is 6.54 Å². The molecule has 0 amide bonds. The quantitative estimate of drug-likeness (QED) is 0.604. The molecule has 0 saturated heterocycles. The molecule has 0 spiro atoms. The van der Waals surface area contributed by atoms with Crippen molar-refractivity contribution in [2.45, 2.75) is 44.7 Å². The lowest BCUT2D eigenvalue weighted by molar-refractivity contribution is 0.171. The summed E-state index contributed by atoms with van der Waals surface area (Å²) in [4.78, 5) is 10.9. The van der Waals surface area contributed by atoms with Crippen LogP contribution in [0.1, 0.15) is 37.9 Å². The van der Waals surface area contributed by atoms with Gasteiger partial charge >= 0.3 is 0 Å². The number of nitrogens with zero attached hydrogens (tertiary/aromatic N) is 5. The number of guanidine groups is 1. The first kappa shape index (κ1) is 17.7. The minimum absolute atomic E-state index is 0.545. The fourth-order valence-corrected chi connectivity index (χ4v) is 3.35. The first-order chi connectivity index (χ1) is 11.1. The number of nitrogens with one attached hydrogen (secondary N) is 2. The van der Waals surface area contributed by atoms with E-state index in [2.05, 4.69) is 44.7 Å². The van der Waals surface area contributed by atoms with Crippen molar-refractivity contribution in [2.75, 3.05) is 27.7 Å². The molecule has 1 heterocycles. The van der Waals surface area contributed by atoms with Crippen molar-refractivity contribution in [3.05, 3.63) is 12.2 Å². The minimum atomic E-state index is 0.545. The number of hydrogen-bond acceptors (Lipinski definition) is 4. The molecular weight excluding hydrogens is 290 g/mol. The van der Waals surface area contributed by atoms with E-state index in [0.717, 1.165) is 24.2 Å². The molecule has 130 valence electrons. The number of likely N-dealkylation sites (N-methyl/N-ethyl adjacent to an activating group) is 1. The van der Waals surface area contributed by atoms with Gasteiger partial charge in [0, 0.05) is 26.7 Å². The number of rotatable bonds is 6. The summed E-state index contributed by atoms with van der Waals surface area (Å²) in [6.45, 7) is 1.53. The van der Waals surface area contributed by atoms with Gasteiger partial charge in [-0.3, -0.25) is 9.67 Å². The first-order valence-electron chi connectivity index (χ1n) is 8.55. The van der Waals surface area contributed by atoms with Crippen molar-refractivity contribution in [1.29, 1.82) is 0 Å². The topological polar surface area (TPSA) is 70.4 Å². The van der Waals surface area contributed by atoms with Gasteiger partial charge in [0.25, 0.3) is 0 Å². The lowest BCUT2D eigenvalue weighted by Crippen LogP contribution is -2.48. The zero-order valence-electron chi connectivity index (χ0n) is 14.9. The van der Waals surface area contributed by atoms with E-state index >= 15 is 0 Å². The SMILES string of the molecule is CN=C(NCc1ncnn1C)NCC(C1CCCCC1)N(C)C. The Kier molecular flexibility index (Phi) is 6.83. The maximum atomic E-state index is 4.31. The highest BCUT2D eigenvalue weighted by molar-refractivity contribution is 5.79. The maximum Gasteiger partial charge on any atom is 0.191 e. The number of aliphatic imine (C=N–C) groups is 1. The van der Waals surface area contributed by atoms with E-state index in [0.29, 0.717) is 12.6 Å². The monoisotopic (exact) mass is 321 g/mol. The van der Waals surface area contributed by atoms with Gasteiger partial charge in [-0.2, -0.15) is 5.10 Å². The smallest absolute Gasteiger partial charge is 0.191 e. The van der Waals surface area contributed by atoms with Crippen LogP contribution < -0.4 is 10.6 Å². The second-order valence-corrected chi connectivity index (χ2v) is 6.54.